The summed E-state index contributed by atoms with van der Waals surface area (Å²) in [4.78, 5) is 11.9. The molecule has 1 aromatic rings. The van der Waals surface area contributed by atoms with Crippen molar-refractivity contribution in [1.29, 1.82) is 0 Å². The summed E-state index contributed by atoms with van der Waals surface area (Å²) in [7, 11) is -2.94. The van der Waals surface area contributed by atoms with Gasteiger partial charge in [0.05, 0.1) is 18.1 Å². The summed E-state index contributed by atoms with van der Waals surface area (Å²) in [6.45, 7) is 4.81. The number of hydrogen-bond donors (Lipinski definition) is 1. The fourth-order valence-electron chi connectivity index (χ4n) is 3.42. The van der Waals surface area contributed by atoms with Crippen LogP contribution >= 0.6 is 0 Å². The van der Waals surface area contributed by atoms with Gasteiger partial charge >= 0.3 is 0 Å². The average Bonchev–Trinajstić information content (AvgIpc) is 3.01. The largest absolute Gasteiger partial charge is 0.488 e. The molecule has 7 heteroatoms. The zero-order valence-electron chi connectivity index (χ0n) is 14.7. The molecule has 2 aliphatic heterocycles. The van der Waals surface area contributed by atoms with Gasteiger partial charge in [-0.25, -0.2) is 8.42 Å². The van der Waals surface area contributed by atoms with Crippen molar-refractivity contribution in [1.82, 2.24) is 5.32 Å². The van der Waals surface area contributed by atoms with E-state index in [0.29, 0.717) is 25.3 Å². The number of sulfone groups is 1. The number of carbonyl (C=O) groups is 1. The minimum Gasteiger partial charge on any atom is -0.488 e. The van der Waals surface area contributed by atoms with Crippen molar-refractivity contribution in [2.45, 2.75) is 38.7 Å². The van der Waals surface area contributed by atoms with Crippen LogP contribution in [0.25, 0.3) is 0 Å². The first-order valence-corrected chi connectivity index (χ1v) is 10.5. The van der Waals surface area contributed by atoms with Crippen LogP contribution < -0.4 is 14.8 Å². The normalized spacial score (nSPS) is 22.9. The van der Waals surface area contributed by atoms with Crippen LogP contribution in [0.1, 0.15) is 32.3 Å². The molecule has 1 aromatic carbocycles. The van der Waals surface area contributed by atoms with Crippen molar-refractivity contribution in [2.24, 2.45) is 5.92 Å². The summed E-state index contributed by atoms with van der Waals surface area (Å²) in [5.74, 6) is 1.62. The van der Waals surface area contributed by atoms with Crippen molar-refractivity contribution in [3.63, 3.8) is 0 Å². The second-order valence-electron chi connectivity index (χ2n) is 7.45. The van der Waals surface area contributed by atoms with Gasteiger partial charge in [-0.2, -0.15) is 0 Å². The first kappa shape index (κ1) is 18.0. The van der Waals surface area contributed by atoms with Gasteiger partial charge < -0.3 is 14.8 Å². The van der Waals surface area contributed by atoms with Gasteiger partial charge in [-0.1, -0.05) is 12.1 Å². The molecule has 0 spiro atoms. The lowest BCUT2D eigenvalue weighted by Crippen LogP contribution is -2.30. The highest BCUT2D eigenvalue weighted by atomic mass is 32.2. The zero-order valence-corrected chi connectivity index (χ0v) is 15.5. The third kappa shape index (κ3) is 4.66. The molecule has 6 nitrogen and oxygen atoms in total. The predicted molar refractivity (Wildman–Crippen MR) is 94.7 cm³/mol. The lowest BCUT2D eigenvalue weighted by Gasteiger charge is -2.18. The highest BCUT2D eigenvalue weighted by Crippen LogP contribution is 2.41. The number of para-hydroxylation sites is 1. The number of hydrogen-bond acceptors (Lipinski definition) is 5. The average molecular weight is 367 g/mol. The molecular formula is C18H25NO5S. The van der Waals surface area contributed by atoms with Crippen LogP contribution in [0.3, 0.4) is 0 Å². The number of carbonyl (C=O) groups excluding carboxylic acids is 1. The molecule has 1 unspecified atom stereocenters. The van der Waals surface area contributed by atoms with Gasteiger partial charge in [0.25, 0.3) is 0 Å². The molecular weight excluding hydrogens is 342 g/mol. The molecule has 25 heavy (non-hydrogen) atoms. The van der Waals surface area contributed by atoms with Crippen LogP contribution in [-0.4, -0.2) is 44.6 Å². The van der Waals surface area contributed by atoms with Gasteiger partial charge in [-0.05, 0) is 32.3 Å². The predicted octanol–water partition coefficient (Wildman–Crippen LogP) is 1.72. The minimum absolute atomic E-state index is 0.0565. The number of benzene rings is 1. The topological polar surface area (TPSA) is 81.7 Å². The molecule has 138 valence electrons. The van der Waals surface area contributed by atoms with E-state index in [0.717, 1.165) is 17.7 Å². The van der Waals surface area contributed by atoms with Gasteiger partial charge in [-0.3, -0.25) is 4.79 Å². The van der Waals surface area contributed by atoms with E-state index in [4.69, 9.17) is 9.47 Å². The summed E-state index contributed by atoms with van der Waals surface area (Å²) in [6, 6.07) is 5.85. The molecule has 3 rings (SSSR count). The molecule has 2 heterocycles. The van der Waals surface area contributed by atoms with Gasteiger partial charge in [-0.15, -0.1) is 0 Å². The first-order valence-electron chi connectivity index (χ1n) is 8.65. The lowest BCUT2D eigenvalue weighted by molar-refractivity contribution is -0.121. The van der Waals surface area contributed by atoms with E-state index in [1.54, 1.807) is 0 Å². The Morgan fingerprint density at radius 2 is 2.20 bits per heavy atom. The number of ether oxygens (including phenoxy) is 2. The standard InChI is InChI=1S/C18H25NO5S/c1-18(2)11-14-4-3-5-15(17(14)24-18)23-8-7-19-16(20)10-13-6-9-25(21,22)12-13/h3-5,13H,6-12H2,1-2H3,(H,19,20). The molecule has 1 N–H and O–H groups in total. The Balaban J connectivity index is 1.43. The highest BCUT2D eigenvalue weighted by molar-refractivity contribution is 7.91. The minimum atomic E-state index is -2.94. The molecule has 1 amide bonds. The van der Waals surface area contributed by atoms with Gasteiger partial charge in [0.15, 0.2) is 21.3 Å². The molecule has 1 fully saturated rings. The van der Waals surface area contributed by atoms with Crippen molar-refractivity contribution in [3.05, 3.63) is 23.8 Å². The van der Waals surface area contributed by atoms with Gasteiger partial charge in [0.2, 0.25) is 5.91 Å². The molecule has 0 saturated carbocycles. The molecule has 0 aliphatic carbocycles. The summed E-state index contributed by atoms with van der Waals surface area (Å²) in [6.07, 6.45) is 1.69. The third-order valence-corrected chi connectivity index (χ3v) is 6.37. The van der Waals surface area contributed by atoms with E-state index in [1.165, 1.54) is 0 Å². The van der Waals surface area contributed by atoms with Crippen LogP contribution in [0.4, 0.5) is 0 Å². The van der Waals surface area contributed by atoms with Crippen molar-refractivity contribution in [3.8, 4) is 11.5 Å². The van der Waals surface area contributed by atoms with Crippen LogP contribution in [0.15, 0.2) is 18.2 Å². The van der Waals surface area contributed by atoms with Crippen LogP contribution in [0, 0.1) is 5.92 Å². The fraction of sp³-hybridized carbons (Fsp3) is 0.611. The lowest BCUT2D eigenvalue weighted by atomic mass is 10.0. The van der Waals surface area contributed by atoms with E-state index in [-0.39, 0.29) is 35.4 Å². The molecule has 1 atom stereocenters. The second kappa shape index (κ2) is 6.86. The summed E-state index contributed by atoms with van der Waals surface area (Å²) < 4.78 is 34.5. The monoisotopic (exact) mass is 367 g/mol. The van der Waals surface area contributed by atoms with Gasteiger partial charge in [0.1, 0.15) is 12.2 Å². The van der Waals surface area contributed by atoms with Crippen LogP contribution in [0.2, 0.25) is 0 Å². The maximum atomic E-state index is 11.9. The van der Waals surface area contributed by atoms with Crippen molar-refractivity contribution < 1.29 is 22.7 Å². The van der Waals surface area contributed by atoms with E-state index in [9.17, 15) is 13.2 Å². The third-order valence-electron chi connectivity index (χ3n) is 4.54. The Bertz CT molecular complexity index is 757. The SMILES string of the molecule is CC1(C)Cc2cccc(OCCNC(=O)CC3CCS(=O)(=O)C3)c2O1. The maximum absolute atomic E-state index is 11.9. The van der Waals surface area contributed by atoms with Crippen molar-refractivity contribution >= 4 is 15.7 Å². The smallest absolute Gasteiger partial charge is 0.220 e. The molecule has 1 saturated heterocycles. The van der Waals surface area contributed by atoms with E-state index in [2.05, 4.69) is 5.32 Å². The Kier molecular flexibility index (Phi) is 4.95. The quantitative estimate of drug-likeness (QED) is 0.774. The first-order chi connectivity index (χ1) is 11.7. The highest BCUT2D eigenvalue weighted by Gasteiger charge is 2.32. The molecule has 2 aliphatic rings. The van der Waals surface area contributed by atoms with E-state index in [1.807, 2.05) is 32.0 Å². The van der Waals surface area contributed by atoms with E-state index < -0.39 is 9.84 Å². The number of fused-ring (bicyclic) bond motifs is 1. The maximum Gasteiger partial charge on any atom is 0.220 e. The van der Waals surface area contributed by atoms with E-state index >= 15 is 0 Å². The molecule has 0 aromatic heterocycles. The Hall–Kier alpha value is -1.76. The fourth-order valence-corrected chi connectivity index (χ4v) is 5.28. The summed E-state index contributed by atoms with van der Waals surface area (Å²) in [5, 5.41) is 2.79. The summed E-state index contributed by atoms with van der Waals surface area (Å²) >= 11 is 0. The Morgan fingerprint density at radius 3 is 2.92 bits per heavy atom. The number of amides is 1. The second-order valence-corrected chi connectivity index (χ2v) is 9.68. The van der Waals surface area contributed by atoms with Crippen LogP contribution in [0.5, 0.6) is 11.5 Å². The molecule has 0 radical (unpaired) electrons. The van der Waals surface area contributed by atoms with Crippen molar-refractivity contribution in [2.75, 3.05) is 24.7 Å². The Morgan fingerprint density at radius 1 is 1.40 bits per heavy atom. The number of rotatable bonds is 6. The van der Waals surface area contributed by atoms with Gasteiger partial charge in [0, 0.05) is 18.4 Å². The number of nitrogens with one attached hydrogen (secondary N) is 1. The Labute approximate surface area is 148 Å². The summed E-state index contributed by atoms with van der Waals surface area (Å²) in [5.41, 5.74) is 0.909. The van der Waals surface area contributed by atoms with Crippen LogP contribution in [-0.2, 0) is 21.1 Å². The molecule has 0 bridgehead atoms. The zero-order chi connectivity index (χ0) is 18.1.